The summed E-state index contributed by atoms with van der Waals surface area (Å²) in [5.74, 6) is 0.972. The number of thioether (sulfide) groups is 1. The van der Waals surface area contributed by atoms with E-state index in [-0.39, 0.29) is 0 Å². The van der Waals surface area contributed by atoms with Gasteiger partial charge in [0.25, 0.3) is 0 Å². The molecule has 0 atom stereocenters. The summed E-state index contributed by atoms with van der Waals surface area (Å²) in [5.41, 5.74) is 1.35. The van der Waals surface area contributed by atoms with Crippen molar-refractivity contribution in [1.82, 2.24) is 9.29 Å². The van der Waals surface area contributed by atoms with Crippen LogP contribution in [0.5, 0.6) is 0 Å². The van der Waals surface area contributed by atoms with E-state index in [1.54, 1.807) is 22.1 Å². The maximum Gasteiger partial charge on any atom is 0.244 e. The molecule has 0 bridgehead atoms. The smallest absolute Gasteiger partial charge is 0.244 e. The Morgan fingerprint density at radius 1 is 1.00 bits per heavy atom. The minimum Gasteiger partial charge on any atom is -0.249 e. The number of rotatable bonds is 7. The van der Waals surface area contributed by atoms with Crippen LogP contribution in [-0.4, -0.2) is 36.5 Å². The molecule has 1 aromatic heterocycles. The summed E-state index contributed by atoms with van der Waals surface area (Å²) in [6, 6.07) is 13.9. The Bertz CT molecular complexity index is 756. The quantitative estimate of drug-likeness (QED) is 0.542. The Hall–Kier alpha value is -1.37. The van der Waals surface area contributed by atoms with E-state index in [1.165, 1.54) is 11.8 Å². The summed E-state index contributed by atoms with van der Waals surface area (Å²) < 4.78 is 26.8. The normalized spacial score (nSPS) is 16.0. The maximum absolute atomic E-state index is 12.6. The molecule has 0 amide bonds. The SMILES string of the molecule is O=S(=O)(c1ccc(SCCCc2ccccc2)nc1)N1CCCCC1. The van der Waals surface area contributed by atoms with Crippen LogP contribution in [0.15, 0.2) is 58.6 Å². The predicted octanol–water partition coefficient (Wildman–Crippen LogP) is 3.98. The maximum atomic E-state index is 12.6. The average molecular weight is 377 g/mol. The van der Waals surface area contributed by atoms with Crippen LogP contribution in [0, 0.1) is 0 Å². The number of aromatic nitrogens is 1. The molecular weight excluding hydrogens is 352 g/mol. The largest absolute Gasteiger partial charge is 0.249 e. The minimum atomic E-state index is -3.38. The molecule has 1 fully saturated rings. The topological polar surface area (TPSA) is 50.3 Å². The summed E-state index contributed by atoms with van der Waals surface area (Å²) in [5, 5.41) is 0.880. The lowest BCUT2D eigenvalue weighted by Crippen LogP contribution is -2.35. The highest BCUT2D eigenvalue weighted by atomic mass is 32.2. The van der Waals surface area contributed by atoms with Gasteiger partial charge in [-0.2, -0.15) is 4.31 Å². The molecule has 134 valence electrons. The van der Waals surface area contributed by atoms with Gasteiger partial charge in [0, 0.05) is 19.3 Å². The van der Waals surface area contributed by atoms with Crippen molar-refractivity contribution in [1.29, 1.82) is 0 Å². The molecule has 0 aliphatic carbocycles. The van der Waals surface area contributed by atoms with Crippen LogP contribution >= 0.6 is 11.8 Å². The molecule has 1 aliphatic rings. The second-order valence-electron chi connectivity index (χ2n) is 6.23. The molecule has 2 aromatic rings. The Balaban J connectivity index is 1.51. The molecular formula is C19H24N2O2S2. The van der Waals surface area contributed by atoms with Crippen LogP contribution in [0.1, 0.15) is 31.2 Å². The fourth-order valence-electron chi connectivity index (χ4n) is 2.96. The summed E-state index contributed by atoms with van der Waals surface area (Å²) in [4.78, 5) is 4.65. The Morgan fingerprint density at radius 3 is 2.44 bits per heavy atom. The number of benzene rings is 1. The third kappa shape index (κ3) is 5.06. The van der Waals surface area contributed by atoms with Crippen molar-refractivity contribution < 1.29 is 8.42 Å². The molecule has 1 aliphatic heterocycles. The van der Waals surface area contributed by atoms with Crippen molar-refractivity contribution in [2.75, 3.05) is 18.8 Å². The Morgan fingerprint density at radius 2 is 1.76 bits per heavy atom. The third-order valence-corrected chi connectivity index (χ3v) is 7.28. The van der Waals surface area contributed by atoms with Crippen molar-refractivity contribution in [2.24, 2.45) is 0 Å². The van der Waals surface area contributed by atoms with Gasteiger partial charge >= 0.3 is 0 Å². The van der Waals surface area contributed by atoms with Crippen molar-refractivity contribution in [3.8, 4) is 0 Å². The molecule has 1 aromatic carbocycles. The monoisotopic (exact) mass is 376 g/mol. The van der Waals surface area contributed by atoms with Crippen LogP contribution < -0.4 is 0 Å². The average Bonchev–Trinajstić information content (AvgIpc) is 2.67. The van der Waals surface area contributed by atoms with Crippen LogP contribution in [0.4, 0.5) is 0 Å². The van der Waals surface area contributed by atoms with Gasteiger partial charge in [0.2, 0.25) is 10.0 Å². The fraction of sp³-hybridized carbons (Fsp3) is 0.421. The molecule has 2 heterocycles. The summed E-state index contributed by atoms with van der Waals surface area (Å²) in [6.45, 7) is 1.25. The van der Waals surface area contributed by atoms with Gasteiger partial charge in [-0.15, -0.1) is 11.8 Å². The molecule has 3 rings (SSSR count). The molecule has 0 unspecified atom stereocenters. The first-order valence-corrected chi connectivity index (χ1v) is 11.2. The summed E-state index contributed by atoms with van der Waals surface area (Å²) >= 11 is 1.68. The van der Waals surface area contributed by atoms with Gasteiger partial charge in [-0.1, -0.05) is 36.8 Å². The third-order valence-electron chi connectivity index (χ3n) is 4.36. The predicted molar refractivity (Wildman–Crippen MR) is 102 cm³/mol. The second-order valence-corrected chi connectivity index (χ2v) is 9.29. The van der Waals surface area contributed by atoms with Gasteiger partial charge in [0.05, 0.1) is 5.03 Å². The van der Waals surface area contributed by atoms with Gasteiger partial charge in [-0.05, 0) is 49.1 Å². The summed E-state index contributed by atoms with van der Waals surface area (Å²) in [6.07, 6.45) is 6.63. The molecule has 6 heteroatoms. The zero-order valence-corrected chi connectivity index (χ0v) is 15.9. The highest BCUT2D eigenvalue weighted by molar-refractivity contribution is 7.99. The number of hydrogen-bond acceptors (Lipinski definition) is 4. The second kappa shape index (κ2) is 8.83. The zero-order valence-electron chi connectivity index (χ0n) is 14.3. The highest BCUT2D eigenvalue weighted by Gasteiger charge is 2.26. The molecule has 25 heavy (non-hydrogen) atoms. The lowest BCUT2D eigenvalue weighted by molar-refractivity contribution is 0.346. The molecule has 1 saturated heterocycles. The van der Waals surface area contributed by atoms with E-state index in [9.17, 15) is 8.42 Å². The van der Waals surface area contributed by atoms with E-state index in [4.69, 9.17) is 0 Å². The van der Waals surface area contributed by atoms with Gasteiger partial charge in [0.15, 0.2) is 0 Å². The molecule has 0 N–H and O–H groups in total. The van der Waals surface area contributed by atoms with Crippen LogP contribution in [0.25, 0.3) is 0 Å². The van der Waals surface area contributed by atoms with E-state index < -0.39 is 10.0 Å². The van der Waals surface area contributed by atoms with Crippen molar-refractivity contribution in [3.05, 3.63) is 54.2 Å². The van der Waals surface area contributed by atoms with E-state index in [0.29, 0.717) is 18.0 Å². The van der Waals surface area contributed by atoms with E-state index in [2.05, 4.69) is 29.2 Å². The minimum absolute atomic E-state index is 0.308. The van der Waals surface area contributed by atoms with E-state index in [1.807, 2.05) is 12.1 Å². The van der Waals surface area contributed by atoms with Crippen molar-refractivity contribution in [3.63, 3.8) is 0 Å². The van der Waals surface area contributed by atoms with Crippen LogP contribution in [0.2, 0.25) is 0 Å². The van der Waals surface area contributed by atoms with Crippen LogP contribution in [-0.2, 0) is 16.4 Å². The Labute approximate surface area is 154 Å². The Kier molecular flexibility index (Phi) is 6.51. The lowest BCUT2D eigenvalue weighted by Gasteiger charge is -2.25. The number of hydrogen-bond donors (Lipinski definition) is 0. The van der Waals surface area contributed by atoms with Gasteiger partial charge in [-0.25, -0.2) is 13.4 Å². The molecule has 4 nitrogen and oxygen atoms in total. The van der Waals surface area contributed by atoms with Gasteiger partial charge in [-0.3, -0.25) is 0 Å². The van der Waals surface area contributed by atoms with Gasteiger partial charge in [0.1, 0.15) is 4.90 Å². The lowest BCUT2D eigenvalue weighted by atomic mass is 10.1. The van der Waals surface area contributed by atoms with Gasteiger partial charge < -0.3 is 0 Å². The molecule has 0 spiro atoms. The van der Waals surface area contributed by atoms with Crippen molar-refractivity contribution >= 4 is 21.8 Å². The highest BCUT2D eigenvalue weighted by Crippen LogP contribution is 2.23. The number of nitrogens with zero attached hydrogens (tertiary/aromatic N) is 2. The van der Waals surface area contributed by atoms with Crippen LogP contribution in [0.3, 0.4) is 0 Å². The number of piperidine rings is 1. The fourth-order valence-corrected chi connectivity index (χ4v) is 5.21. The molecule has 0 radical (unpaired) electrons. The zero-order chi connectivity index (χ0) is 17.5. The first-order valence-electron chi connectivity index (χ1n) is 8.79. The van der Waals surface area contributed by atoms with E-state index >= 15 is 0 Å². The molecule has 0 saturated carbocycles. The standard InChI is InChI=1S/C19H24N2O2S2/c22-25(23,21-13-5-2-6-14-21)18-11-12-19(20-16-18)24-15-7-10-17-8-3-1-4-9-17/h1,3-4,8-9,11-12,16H,2,5-7,10,13-15H2. The number of sulfonamides is 1. The van der Waals surface area contributed by atoms with E-state index in [0.717, 1.165) is 42.9 Å². The first-order chi connectivity index (χ1) is 12.2. The van der Waals surface area contributed by atoms with Crippen molar-refractivity contribution in [2.45, 2.75) is 42.0 Å². The number of pyridine rings is 1. The first kappa shape index (κ1) is 18.4. The number of aryl methyl sites for hydroxylation is 1. The summed E-state index contributed by atoms with van der Waals surface area (Å²) in [7, 11) is -3.38.